The van der Waals surface area contributed by atoms with Crippen molar-refractivity contribution in [1.29, 1.82) is 0 Å². The summed E-state index contributed by atoms with van der Waals surface area (Å²) in [6.45, 7) is 7.09. The number of rotatable bonds is 9. The van der Waals surface area contributed by atoms with E-state index in [0.29, 0.717) is 5.88 Å². The van der Waals surface area contributed by atoms with Crippen molar-refractivity contribution in [3.63, 3.8) is 0 Å². The van der Waals surface area contributed by atoms with E-state index in [1.165, 1.54) is 19.3 Å². The lowest BCUT2D eigenvalue weighted by Crippen LogP contribution is -2.13. The maximum Gasteiger partial charge on any atom is 0.232 e. The van der Waals surface area contributed by atoms with Crippen LogP contribution >= 0.6 is 0 Å². The summed E-state index contributed by atoms with van der Waals surface area (Å²) >= 11 is 0. The normalized spacial score (nSPS) is 10.6. The van der Waals surface area contributed by atoms with Crippen molar-refractivity contribution in [3.05, 3.63) is 11.8 Å². The fraction of sp³-hybridized carbons (Fsp3) is 0.750. The highest BCUT2D eigenvalue weighted by molar-refractivity contribution is 5.11. The van der Waals surface area contributed by atoms with Gasteiger partial charge in [-0.1, -0.05) is 19.8 Å². The number of aromatic amines is 1. The summed E-state index contributed by atoms with van der Waals surface area (Å²) in [5.74, 6) is 0.713. The highest BCUT2D eigenvalue weighted by atomic mass is 16.5. The van der Waals surface area contributed by atoms with Gasteiger partial charge in [0.05, 0.1) is 6.61 Å². The minimum atomic E-state index is 0.713. The lowest BCUT2D eigenvalue weighted by atomic mass is 10.2. The molecule has 0 saturated carbocycles. The summed E-state index contributed by atoms with van der Waals surface area (Å²) in [4.78, 5) is 0. The van der Waals surface area contributed by atoms with Gasteiger partial charge in [-0.15, -0.1) is 5.10 Å². The van der Waals surface area contributed by atoms with Crippen LogP contribution in [0.15, 0.2) is 6.07 Å². The maximum atomic E-state index is 5.50. The molecule has 0 aliphatic rings. The van der Waals surface area contributed by atoms with E-state index in [9.17, 15) is 0 Å². The molecule has 0 fully saturated rings. The predicted octanol–water partition coefficient (Wildman–Crippen LogP) is 2.27. The Morgan fingerprint density at radius 2 is 2.12 bits per heavy atom. The molecule has 4 nitrogen and oxygen atoms in total. The summed E-state index contributed by atoms with van der Waals surface area (Å²) in [5, 5.41) is 10.2. The summed E-state index contributed by atoms with van der Waals surface area (Å²) in [5.41, 5.74) is 1.04. The first-order valence-corrected chi connectivity index (χ1v) is 6.18. The number of aryl methyl sites for hydroxylation is 1. The molecule has 0 aliphatic carbocycles. The van der Waals surface area contributed by atoms with Crippen molar-refractivity contribution >= 4 is 0 Å². The summed E-state index contributed by atoms with van der Waals surface area (Å²) in [6.07, 6.45) is 4.87. The van der Waals surface area contributed by atoms with Crippen molar-refractivity contribution in [1.82, 2.24) is 15.5 Å². The van der Waals surface area contributed by atoms with Gasteiger partial charge >= 0.3 is 0 Å². The Balaban J connectivity index is 1.88. The lowest BCUT2D eigenvalue weighted by molar-refractivity contribution is 0.293. The van der Waals surface area contributed by atoms with Crippen molar-refractivity contribution in [2.24, 2.45) is 0 Å². The Morgan fingerprint density at radius 1 is 1.31 bits per heavy atom. The van der Waals surface area contributed by atoms with Crippen molar-refractivity contribution in [2.45, 2.75) is 39.5 Å². The number of ether oxygens (including phenoxy) is 1. The second kappa shape index (κ2) is 8.16. The molecule has 0 atom stereocenters. The van der Waals surface area contributed by atoms with Crippen LogP contribution in [0, 0.1) is 6.92 Å². The average Bonchev–Trinajstić information content (AvgIpc) is 2.68. The highest BCUT2D eigenvalue weighted by Gasteiger charge is 1.97. The minimum Gasteiger partial charge on any atom is -0.477 e. The molecule has 0 spiro atoms. The van der Waals surface area contributed by atoms with Crippen LogP contribution < -0.4 is 10.1 Å². The SMILES string of the molecule is CCNCCCCCCOc1cc(C)[nH]n1. The van der Waals surface area contributed by atoms with E-state index in [-0.39, 0.29) is 0 Å². The van der Waals surface area contributed by atoms with E-state index in [2.05, 4.69) is 22.4 Å². The van der Waals surface area contributed by atoms with Crippen LogP contribution in [0.5, 0.6) is 5.88 Å². The Morgan fingerprint density at radius 3 is 2.81 bits per heavy atom. The average molecular weight is 225 g/mol. The fourth-order valence-corrected chi connectivity index (χ4v) is 1.53. The fourth-order valence-electron chi connectivity index (χ4n) is 1.53. The molecule has 2 N–H and O–H groups in total. The molecule has 0 bridgehead atoms. The van der Waals surface area contributed by atoms with Gasteiger partial charge in [0.1, 0.15) is 0 Å². The molecule has 16 heavy (non-hydrogen) atoms. The minimum absolute atomic E-state index is 0.713. The van der Waals surface area contributed by atoms with Crippen molar-refractivity contribution < 1.29 is 4.74 Å². The van der Waals surface area contributed by atoms with E-state index in [1.54, 1.807) is 0 Å². The van der Waals surface area contributed by atoms with Gasteiger partial charge in [0, 0.05) is 11.8 Å². The zero-order valence-corrected chi connectivity index (χ0v) is 10.4. The number of nitrogens with zero attached hydrogens (tertiary/aromatic N) is 1. The van der Waals surface area contributed by atoms with Gasteiger partial charge in [0.25, 0.3) is 0 Å². The largest absolute Gasteiger partial charge is 0.477 e. The number of unbranched alkanes of at least 4 members (excludes halogenated alkanes) is 3. The number of aromatic nitrogens is 2. The lowest BCUT2D eigenvalue weighted by Gasteiger charge is -2.03. The molecule has 0 aliphatic heterocycles. The second-order valence-electron chi connectivity index (χ2n) is 4.01. The zero-order valence-electron chi connectivity index (χ0n) is 10.4. The number of hydrogen-bond acceptors (Lipinski definition) is 3. The van der Waals surface area contributed by atoms with Gasteiger partial charge in [-0.25, -0.2) is 0 Å². The molecule has 0 radical (unpaired) electrons. The number of nitrogens with one attached hydrogen (secondary N) is 2. The zero-order chi connectivity index (χ0) is 11.6. The topological polar surface area (TPSA) is 49.9 Å². The third-order valence-corrected chi connectivity index (χ3v) is 2.43. The number of H-pyrrole nitrogens is 1. The Kier molecular flexibility index (Phi) is 6.65. The van der Waals surface area contributed by atoms with Crippen LogP contribution in [-0.2, 0) is 0 Å². The Bertz CT molecular complexity index is 273. The van der Waals surface area contributed by atoms with Crippen LogP contribution in [-0.4, -0.2) is 29.9 Å². The van der Waals surface area contributed by atoms with Crippen LogP contribution in [0.25, 0.3) is 0 Å². The van der Waals surface area contributed by atoms with E-state index in [4.69, 9.17) is 4.74 Å². The first-order chi connectivity index (χ1) is 7.83. The summed E-state index contributed by atoms with van der Waals surface area (Å²) in [7, 11) is 0. The summed E-state index contributed by atoms with van der Waals surface area (Å²) < 4.78 is 5.50. The number of hydrogen-bond donors (Lipinski definition) is 2. The predicted molar refractivity (Wildman–Crippen MR) is 65.8 cm³/mol. The van der Waals surface area contributed by atoms with Crippen molar-refractivity contribution in [3.8, 4) is 5.88 Å². The van der Waals surface area contributed by atoms with E-state index >= 15 is 0 Å². The highest BCUT2D eigenvalue weighted by Crippen LogP contribution is 2.08. The van der Waals surface area contributed by atoms with E-state index < -0.39 is 0 Å². The molecular formula is C12H23N3O. The van der Waals surface area contributed by atoms with E-state index in [0.717, 1.165) is 31.8 Å². The van der Waals surface area contributed by atoms with Gasteiger partial charge in [0.2, 0.25) is 5.88 Å². The van der Waals surface area contributed by atoms with Gasteiger partial charge in [0.15, 0.2) is 0 Å². The Hall–Kier alpha value is -1.03. The monoisotopic (exact) mass is 225 g/mol. The standard InChI is InChI=1S/C12H23N3O/c1-3-13-8-6-4-5-7-9-16-12-10-11(2)14-15-12/h10,13H,3-9H2,1-2H3,(H,14,15). The molecule has 1 aromatic rings. The quantitative estimate of drug-likeness (QED) is 0.634. The van der Waals surface area contributed by atoms with Crippen LogP contribution in [0.4, 0.5) is 0 Å². The maximum absolute atomic E-state index is 5.50. The molecule has 1 rings (SSSR count). The molecular weight excluding hydrogens is 202 g/mol. The molecule has 0 aromatic carbocycles. The van der Waals surface area contributed by atoms with E-state index in [1.807, 2.05) is 13.0 Å². The molecule has 0 unspecified atom stereocenters. The molecule has 0 amide bonds. The van der Waals surface area contributed by atoms with Gasteiger partial charge in [-0.3, -0.25) is 5.10 Å². The molecule has 92 valence electrons. The Labute approximate surface area is 97.8 Å². The molecule has 4 heteroatoms. The first kappa shape index (κ1) is 13.0. The van der Waals surface area contributed by atoms with Crippen LogP contribution in [0.1, 0.15) is 38.3 Å². The van der Waals surface area contributed by atoms with Gasteiger partial charge < -0.3 is 10.1 Å². The molecule has 1 aromatic heterocycles. The second-order valence-corrected chi connectivity index (χ2v) is 4.01. The van der Waals surface area contributed by atoms with Crippen LogP contribution in [0.2, 0.25) is 0 Å². The third kappa shape index (κ3) is 5.75. The summed E-state index contributed by atoms with van der Waals surface area (Å²) in [6, 6.07) is 1.92. The van der Waals surface area contributed by atoms with Gasteiger partial charge in [-0.05, 0) is 32.9 Å². The smallest absolute Gasteiger partial charge is 0.232 e. The third-order valence-electron chi connectivity index (χ3n) is 2.43. The van der Waals surface area contributed by atoms with Crippen molar-refractivity contribution in [2.75, 3.05) is 19.7 Å². The van der Waals surface area contributed by atoms with Gasteiger partial charge in [-0.2, -0.15) is 0 Å². The first-order valence-electron chi connectivity index (χ1n) is 6.18. The molecule has 0 saturated heterocycles. The molecule has 1 heterocycles. The van der Waals surface area contributed by atoms with Crippen LogP contribution in [0.3, 0.4) is 0 Å².